The molecule has 0 aliphatic heterocycles. The molecule has 1 unspecified atom stereocenters. The van der Waals surface area contributed by atoms with Gasteiger partial charge in [0.2, 0.25) is 5.91 Å². The van der Waals surface area contributed by atoms with E-state index >= 15 is 0 Å². The first-order valence-electron chi connectivity index (χ1n) is 8.97. The number of carbonyl (C=O) groups is 1. The minimum absolute atomic E-state index is 0.139. The molecule has 0 aromatic carbocycles. The van der Waals surface area contributed by atoms with E-state index in [1.54, 1.807) is 12.4 Å². The first-order valence-corrected chi connectivity index (χ1v) is 8.97. The predicted molar refractivity (Wildman–Crippen MR) is 98.9 cm³/mol. The predicted octanol–water partition coefficient (Wildman–Crippen LogP) is 2.88. The van der Waals surface area contributed by atoms with Gasteiger partial charge in [-0.2, -0.15) is 5.10 Å². The highest BCUT2D eigenvalue weighted by molar-refractivity contribution is 5.94. The van der Waals surface area contributed by atoms with Crippen LogP contribution in [0.1, 0.15) is 38.2 Å². The third-order valence-corrected chi connectivity index (χ3v) is 5.33. The number of pyridine rings is 1. The van der Waals surface area contributed by atoms with Crippen LogP contribution < -0.4 is 11.1 Å². The fourth-order valence-corrected chi connectivity index (χ4v) is 3.60. The van der Waals surface area contributed by atoms with E-state index in [-0.39, 0.29) is 11.8 Å². The maximum absolute atomic E-state index is 12.5. The van der Waals surface area contributed by atoms with Gasteiger partial charge < -0.3 is 11.1 Å². The standard InChI is InChI=1S/C19H27N5O/c1-12-4-6-14(7-5-12)18(20)19(25)23-17-10-13(2)15(11-21-17)16-8-9-22-24(16)3/h8-12,14,18H,4-7,20H2,1-3H3,(H,21,23,25). The molecule has 2 heterocycles. The zero-order valence-corrected chi connectivity index (χ0v) is 15.2. The zero-order chi connectivity index (χ0) is 18.0. The third-order valence-electron chi connectivity index (χ3n) is 5.33. The molecule has 0 saturated heterocycles. The molecule has 6 nitrogen and oxygen atoms in total. The quantitative estimate of drug-likeness (QED) is 0.895. The fourth-order valence-electron chi connectivity index (χ4n) is 3.60. The average Bonchev–Trinajstić information content (AvgIpc) is 3.01. The van der Waals surface area contributed by atoms with Crippen molar-refractivity contribution in [3.63, 3.8) is 0 Å². The van der Waals surface area contributed by atoms with Crippen LogP contribution in [-0.4, -0.2) is 26.7 Å². The van der Waals surface area contributed by atoms with Crippen LogP contribution in [0.5, 0.6) is 0 Å². The number of nitrogens with one attached hydrogen (secondary N) is 1. The summed E-state index contributed by atoms with van der Waals surface area (Å²) in [5.74, 6) is 1.43. The van der Waals surface area contributed by atoms with Crippen molar-refractivity contribution >= 4 is 11.7 Å². The number of anilines is 1. The molecule has 134 valence electrons. The lowest BCUT2D eigenvalue weighted by atomic mass is 9.79. The summed E-state index contributed by atoms with van der Waals surface area (Å²) in [5, 5.41) is 7.07. The maximum atomic E-state index is 12.5. The van der Waals surface area contributed by atoms with Crippen LogP contribution in [0.25, 0.3) is 11.3 Å². The lowest BCUT2D eigenvalue weighted by molar-refractivity contribution is -0.118. The fraction of sp³-hybridized carbons (Fsp3) is 0.526. The van der Waals surface area contributed by atoms with Crippen LogP contribution in [0, 0.1) is 18.8 Å². The second-order valence-corrected chi connectivity index (χ2v) is 7.26. The maximum Gasteiger partial charge on any atom is 0.242 e. The van der Waals surface area contributed by atoms with Crippen LogP contribution in [0.4, 0.5) is 5.82 Å². The summed E-state index contributed by atoms with van der Waals surface area (Å²) in [6.07, 6.45) is 7.90. The number of rotatable bonds is 4. The van der Waals surface area contributed by atoms with E-state index in [9.17, 15) is 4.79 Å². The SMILES string of the molecule is Cc1cc(NC(=O)C(N)C2CCC(C)CC2)ncc1-c1ccnn1C. The van der Waals surface area contributed by atoms with Crippen LogP contribution in [0.15, 0.2) is 24.5 Å². The van der Waals surface area contributed by atoms with Gasteiger partial charge in [0.05, 0.1) is 11.7 Å². The third kappa shape index (κ3) is 3.90. The van der Waals surface area contributed by atoms with Crippen molar-refractivity contribution in [2.45, 2.75) is 45.6 Å². The normalized spacial score (nSPS) is 21.8. The molecular formula is C19H27N5O. The molecule has 1 aliphatic carbocycles. The lowest BCUT2D eigenvalue weighted by Crippen LogP contribution is -2.43. The first kappa shape index (κ1) is 17.6. The summed E-state index contributed by atoms with van der Waals surface area (Å²) in [4.78, 5) is 16.9. The highest BCUT2D eigenvalue weighted by atomic mass is 16.2. The largest absolute Gasteiger partial charge is 0.320 e. The molecule has 2 aromatic heterocycles. The minimum atomic E-state index is -0.466. The number of carbonyl (C=O) groups excluding carboxylic acids is 1. The van der Waals surface area contributed by atoms with Gasteiger partial charge in [0.25, 0.3) is 0 Å². The molecule has 0 radical (unpaired) electrons. The Hall–Kier alpha value is -2.21. The molecule has 0 spiro atoms. The molecule has 1 aliphatic rings. The van der Waals surface area contributed by atoms with Gasteiger partial charge in [-0.1, -0.05) is 19.8 Å². The van der Waals surface area contributed by atoms with E-state index in [2.05, 4.69) is 22.3 Å². The van der Waals surface area contributed by atoms with E-state index in [1.807, 2.05) is 30.8 Å². The highest BCUT2D eigenvalue weighted by Crippen LogP contribution is 2.30. The van der Waals surface area contributed by atoms with Crippen LogP contribution >= 0.6 is 0 Å². The number of amides is 1. The molecule has 1 saturated carbocycles. The lowest BCUT2D eigenvalue weighted by Gasteiger charge is -2.29. The van der Waals surface area contributed by atoms with E-state index in [1.165, 1.54) is 0 Å². The van der Waals surface area contributed by atoms with E-state index in [4.69, 9.17) is 5.73 Å². The highest BCUT2D eigenvalue weighted by Gasteiger charge is 2.28. The van der Waals surface area contributed by atoms with Gasteiger partial charge >= 0.3 is 0 Å². The summed E-state index contributed by atoms with van der Waals surface area (Å²) < 4.78 is 1.81. The number of aromatic nitrogens is 3. The van der Waals surface area contributed by atoms with Gasteiger partial charge in [-0.05, 0) is 49.3 Å². The average molecular weight is 341 g/mol. The topological polar surface area (TPSA) is 85.8 Å². The van der Waals surface area contributed by atoms with E-state index in [0.717, 1.165) is 48.4 Å². The van der Waals surface area contributed by atoms with Crippen molar-refractivity contribution in [3.8, 4) is 11.3 Å². The summed E-state index contributed by atoms with van der Waals surface area (Å²) in [7, 11) is 1.90. The number of aryl methyl sites for hydroxylation is 2. The Labute approximate surface area is 148 Å². The Morgan fingerprint density at radius 3 is 2.68 bits per heavy atom. The minimum Gasteiger partial charge on any atom is -0.320 e. The monoisotopic (exact) mass is 341 g/mol. The number of nitrogens with zero attached hydrogens (tertiary/aromatic N) is 3. The summed E-state index contributed by atoms with van der Waals surface area (Å²) >= 11 is 0. The molecule has 25 heavy (non-hydrogen) atoms. The Morgan fingerprint density at radius 2 is 2.08 bits per heavy atom. The van der Waals surface area contributed by atoms with Gasteiger partial charge in [0.1, 0.15) is 5.82 Å². The Kier molecular flexibility index (Phi) is 5.18. The van der Waals surface area contributed by atoms with Crippen molar-refractivity contribution in [1.82, 2.24) is 14.8 Å². The zero-order valence-electron chi connectivity index (χ0n) is 15.2. The van der Waals surface area contributed by atoms with E-state index in [0.29, 0.717) is 5.82 Å². The first-order chi connectivity index (χ1) is 12.0. The Bertz CT molecular complexity index is 746. The van der Waals surface area contributed by atoms with Crippen molar-refractivity contribution in [3.05, 3.63) is 30.1 Å². The van der Waals surface area contributed by atoms with Crippen LogP contribution in [-0.2, 0) is 11.8 Å². The van der Waals surface area contributed by atoms with Crippen molar-refractivity contribution < 1.29 is 4.79 Å². The second kappa shape index (κ2) is 7.35. The van der Waals surface area contributed by atoms with Crippen molar-refractivity contribution in [2.24, 2.45) is 24.6 Å². The smallest absolute Gasteiger partial charge is 0.242 e. The molecule has 1 amide bonds. The number of nitrogens with two attached hydrogens (primary N) is 1. The molecule has 1 atom stereocenters. The van der Waals surface area contributed by atoms with Crippen LogP contribution in [0.3, 0.4) is 0 Å². The van der Waals surface area contributed by atoms with Gasteiger partial charge in [-0.15, -0.1) is 0 Å². The van der Waals surface area contributed by atoms with E-state index < -0.39 is 6.04 Å². The Morgan fingerprint density at radius 1 is 1.36 bits per heavy atom. The van der Waals surface area contributed by atoms with Crippen molar-refractivity contribution in [2.75, 3.05) is 5.32 Å². The van der Waals surface area contributed by atoms with Gasteiger partial charge in [-0.25, -0.2) is 4.98 Å². The molecular weight excluding hydrogens is 314 g/mol. The number of hydrogen-bond acceptors (Lipinski definition) is 4. The second-order valence-electron chi connectivity index (χ2n) is 7.26. The molecule has 2 aromatic rings. The van der Waals surface area contributed by atoms with Crippen molar-refractivity contribution in [1.29, 1.82) is 0 Å². The molecule has 3 rings (SSSR count). The molecule has 1 fully saturated rings. The number of hydrogen-bond donors (Lipinski definition) is 2. The van der Waals surface area contributed by atoms with Gasteiger partial charge in [-0.3, -0.25) is 9.48 Å². The molecule has 3 N–H and O–H groups in total. The summed E-state index contributed by atoms with van der Waals surface area (Å²) in [6.45, 7) is 4.26. The summed E-state index contributed by atoms with van der Waals surface area (Å²) in [5.41, 5.74) is 9.23. The Balaban J connectivity index is 1.67. The van der Waals surface area contributed by atoms with Gasteiger partial charge in [0, 0.05) is 25.0 Å². The summed E-state index contributed by atoms with van der Waals surface area (Å²) in [6, 6.07) is 3.37. The molecule has 0 bridgehead atoms. The van der Waals surface area contributed by atoms with Gasteiger partial charge in [0.15, 0.2) is 0 Å². The van der Waals surface area contributed by atoms with Crippen LogP contribution in [0.2, 0.25) is 0 Å². The molecule has 6 heteroatoms.